The van der Waals surface area contributed by atoms with Gasteiger partial charge in [0.2, 0.25) is 0 Å². The van der Waals surface area contributed by atoms with Gasteiger partial charge in [0.25, 0.3) is 0 Å². The molecule has 13 heteroatoms. The molecule has 0 aromatic heterocycles. The zero-order valence-electron chi connectivity index (χ0n) is 33.2. The number of cyclic esters (lactones) is 1. The van der Waals surface area contributed by atoms with E-state index in [2.05, 4.69) is 6.92 Å². The Bertz CT molecular complexity index is 1150. The number of nitrogens with zero attached hydrogens (tertiary/aromatic N) is 1. The van der Waals surface area contributed by atoms with Gasteiger partial charge in [-0.15, -0.1) is 0 Å². The minimum absolute atomic E-state index is 0.0411. The van der Waals surface area contributed by atoms with E-state index in [1.807, 2.05) is 60.4 Å². The molecule has 0 amide bonds. The van der Waals surface area contributed by atoms with Crippen molar-refractivity contribution < 1.29 is 53.3 Å². The van der Waals surface area contributed by atoms with Crippen LogP contribution in [0, 0.1) is 23.7 Å². The minimum Gasteiger partial charge on any atom is -0.459 e. The number of ether oxygens (including phenoxy) is 7. The molecule has 4 saturated heterocycles. The van der Waals surface area contributed by atoms with Crippen LogP contribution in [0.15, 0.2) is 0 Å². The molecule has 5 N–H and O–H groups in total. The smallest absolute Gasteiger partial charge is 0.311 e. The lowest BCUT2D eigenvalue weighted by atomic mass is 9.76. The molecule has 51 heavy (non-hydrogen) atoms. The van der Waals surface area contributed by atoms with Gasteiger partial charge in [-0.25, -0.2) is 0 Å². The minimum atomic E-state index is -1.76. The van der Waals surface area contributed by atoms with Crippen molar-refractivity contribution >= 4 is 5.97 Å². The van der Waals surface area contributed by atoms with Crippen LogP contribution in [0.3, 0.4) is 0 Å². The Hall–Kier alpha value is -0.970. The van der Waals surface area contributed by atoms with E-state index in [1.165, 1.54) is 6.92 Å². The molecular formula is C38H70N2O11. The lowest BCUT2D eigenvalue weighted by Crippen LogP contribution is -2.60. The van der Waals surface area contributed by atoms with Gasteiger partial charge in [0.1, 0.15) is 17.8 Å². The first-order valence-electron chi connectivity index (χ1n) is 19.3. The standard InChI is InChI=1S/C38H70N2O11/c1-13-27-38(10,44)32(42)23(5)30-20(2)17-37(9,51-30)33(50-35-29(41)26(16-21(3)47-35)40(11)15-14-39)24(6)31(25(7)34(43)48-27)49-28-19-36(8,45-12)18-22(4)46-28/h20-33,35,41-42,44H,13-19,39H2,1-12H3/t20-,21+,22-,23+,24-,25+,26-,27-,28-,29+,30+,31-,32+,33+,35-,36-,37-,38+/m0/s1. The highest BCUT2D eigenvalue weighted by Crippen LogP contribution is 2.48. The van der Waals surface area contributed by atoms with E-state index < -0.39 is 89.7 Å². The van der Waals surface area contributed by atoms with Gasteiger partial charge in [-0.2, -0.15) is 0 Å². The largest absolute Gasteiger partial charge is 0.459 e. The molecular weight excluding hydrogens is 660 g/mol. The SMILES string of the molecule is CC[C@@H]1OC(=O)[C@H](C)[C@@H](O[C@H]2C[C@@](C)(OC)C[C@H](C)O2)[C@H](C)[C@@H](O[C@@H]2O[C@H](C)C[C@H](N(C)CCN)[C@H]2O)[C@]2(C)C[C@H](C)[C@@H](O2)[C@@H](C)[C@@H](O)[C@]1(C)O. The molecule has 13 nitrogen and oxygen atoms in total. The number of rotatable bonds is 9. The zero-order chi connectivity index (χ0) is 38.2. The number of carbonyl (C=O) groups excluding carboxylic acids is 1. The molecule has 0 saturated carbocycles. The maximum absolute atomic E-state index is 14.2. The molecule has 0 spiro atoms. The third-order valence-corrected chi connectivity index (χ3v) is 12.5. The molecule has 0 aromatic carbocycles. The van der Waals surface area contributed by atoms with E-state index in [-0.39, 0.29) is 30.6 Å². The number of fused-ring (bicyclic) bond motifs is 2. The molecule has 4 aliphatic heterocycles. The van der Waals surface area contributed by atoms with Crippen molar-refractivity contribution in [1.29, 1.82) is 0 Å². The van der Waals surface area contributed by atoms with Crippen LogP contribution in [0.25, 0.3) is 0 Å². The van der Waals surface area contributed by atoms with E-state index in [1.54, 1.807) is 14.0 Å². The second-order valence-corrected chi connectivity index (χ2v) is 17.1. The lowest BCUT2D eigenvalue weighted by molar-refractivity contribution is -0.312. The van der Waals surface area contributed by atoms with Gasteiger partial charge in [0, 0.05) is 50.9 Å². The van der Waals surface area contributed by atoms with E-state index in [0.29, 0.717) is 38.8 Å². The molecule has 4 aliphatic rings. The Kier molecular flexibility index (Phi) is 14.1. The molecule has 0 unspecified atom stereocenters. The highest BCUT2D eigenvalue weighted by atomic mass is 16.7. The summed E-state index contributed by atoms with van der Waals surface area (Å²) in [5.41, 5.74) is 2.64. The number of aliphatic hydroxyl groups excluding tert-OH is 2. The van der Waals surface area contributed by atoms with Gasteiger partial charge in [-0.1, -0.05) is 27.7 Å². The fourth-order valence-corrected chi connectivity index (χ4v) is 9.55. The summed E-state index contributed by atoms with van der Waals surface area (Å²) in [7, 11) is 3.61. The van der Waals surface area contributed by atoms with Crippen LogP contribution in [0.1, 0.15) is 101 Å². The molecule has 0 aromatic rings. The van der Waals surface area contributed by atoms with Crippen molar-refractivity contribution in [3.63, 3.8) is 0 Å². The van der Waals surface area contributed by atoms with Crippen molar-refractivity contribution in [2.24, 2.45) is 29.4 Å². The van der Waals surface area contributed by atoms with Crippen LogP contribution in [-0.2, 0) is 38.0 Å². The summed E-state index contributed by atoms with van der Waals surface area (Å²) in [6.07, 6.45) is -4.88. The summed E-state index contributed by atoms with van der Waals surface area (Å²) in [5, 5.41) is 35.3. The molecule has 4 rings (SSSR count). The van der Waals surface area contributed by atoms with Crippen molar-refractivity contribution in [2.75, 3.05) is 27.2 Å². The molecule has 0 aliphatic carbocycles. The lowest BCUT2D eigenvalue weighted by Gasteiger charge is -2.48. The first-order chi connectivity index (χ1) is 23.7. The van der Waals surface area contributed by atoms with Gasteiger partial charge in [0.05, 0.1) is 53.7 Å². The third kappa shape index (κ3) is 9.12. The molecule has 4 heterocycles. The number of nitrogens with two attached hydrogens (primary N) is 1. The second-order valence-electron chi connectivity index (χ2n) is 17.1. The number of hydrogen-bond donors (Lipinski definition) is 4. The topological polar surface area (TPSA) is 172 Å². The van der Waals surface area contributed by atoms with Crippen molar-refractivity contribution in [3.8, 4) is 0 Å². The first-order valence-corrected chi connectivity index (χ1v) is 19.3. The molecule has 0 radical (unpaired) electrons. The Balaban J connectivity index is 1.82. The van der Waals surface area contributed by atoms with E-state index in [9.17, 15) is 20.1 Å². The van der Waals surface area contributed by atoms with Gasteiger partial charge in [-0.05, 0) is 73.8 Å². The average molecular weight is 731 g/mol. The van der Waals surface area contributed by atoms with Crippen molar-refractivity contribution in [2.45, 2.75) is 186 Å². The number of carbonyl (C=O) groups is 1. The van der Waals surface area contributed by atoms with Gasteiger partial charge < -0.3 is 54.2 Å². The zero-order valence-corrected chi connectivity index (χ0v) is 33.2. The van der Waals surface area contributed by atoms with E-state index in [0.717, 1.165) is 0 Å². The predicted octanol–water partition coefficient (Wildman–Crippen LogP) is 2.98. The highest BCUT2D eigenvalue weighted by Gasteiger charge is 2.57. The monoisotopic (exact) mass is 730 g/mol. The Morgan fingerprint density at radius 3 is 2.24 bits per heavy atom. The van der Waals surface area contributed by atoms with E-state index in [4.69, 9.17) is 38.9 Å². The van der Waals surface area contributed by atoms with Gasteiger partial charge >= 0.3 is 5.97 Å². The summed E-state index contributed by atoms with van der Waals surface area (Å²) in [4.78, 5) is 16.2. The number of esters is 1. The van der Waals surface area contributed by atoms with Crippen LogP contribution in [-0.4, -0.2) is 138 Å². The third-order valence-electron chi connectivity index (χ3n) is 12.5. The Morgan fingerprint density at radius 2 is 1.63 bits per heavy atom. The van der Waals surface area contributed by atoms with E-state index >= 15 is 0 Å². The highest BCUT2D eigenvalue weighted by molar-refractivity contribution is 5.73. The maximum Gasteiger partial charge on any atom is 0.311 e. The molecule has 2 bridgehead atoms. The molecule has 18 atom stereocenters. The quantitative estimate of drug-likeness (QED) is 0.256. The fourth-order valence-electron chi connectivity index (χ4n) is 9.55. The van der Waals surface area contributed by atoms with Crippen LogP contribution >= 0.6 is 0 Å². The normalized spacial score (nSPS) is 50.3. The molecule has 298 valence electrons. The number of aliphatic hydroxyl groups is 3. The summed E-state index contributed by atoms with van der Waals surface area (Å²) in [6, 6.07) is -0.260. The van der Waals surface area contributed by atoms with Gasteiger partial charge in [-0.3, -0.25) is 9.69 Å². The Labute approximate surface area is 306 Å². The van der Waals surface area contributed by atoms with Crippen LogP contribution < -0.4 is 5.73 Å². The Morgan fingerprint density at radius 1 is 0.961 bits per heavy atom. The fraction of sp³-hybridized carbons (Fsp3) is 0.974. The van der Waals surface area contributed by atoms with Crippen LogP contribution in [0.5, 0.6) is 0 Å². The first kappa shape index (κ1) is 42.8. The van der Waals surface area contributed by atoms with Crippen molar-refractivity contribution in [3.05, 3.63) is 0 Å². The summed E-state index contributed by atoms with van der Waals surface area (Å²) < 4.78 is 45.4. The van der Waals surface area contributed by atoms with Crippen LogP contribution in [0.2, 0.25) is 0 Å². The second kappa shape index (κ2) is 16.8. The summed E-state index contributed by atoms with van der Waals surface area (Å²) in [6.45, 7) is 20.0. The average Bonchev–Trinajstić information content (AvgIpc) is 3.38. The van der Waals surface area contributed by atoms with Gasteiger partial charge in [0.15, 0.2) is 12.6 Å². The van der Waals surface area contributed by atoms with Crippen LogP contribution in [0.4, 0.5) is 0 Å². The number of likely N-dealkylation sites (N-methyl/N-ethyl adjacent to an activating group) is 1. The van der Waals surface area contributed by atoms with Crippen molar-refractivity contribution in [1.82, 2.24) is 4.90 Å². The number of hydrogen-bond acceptors (Lipinski definition) is 13. The molecule has 4 fully saturated rings. The predicted molar refractivity (Wildman–Crippen MR) is 191 cm³/mol. The summed E-state index contributed by atoms with van der Waals surface area (Å²) in [5.74, 6) is -2.54. The number of methoxy groups -OCH3 is 1. The maximum atomic E-state index is 14.2. The summed E-state index contributed by atoms with van der Waals surface area (Å²) >= 11 is 0.